The molecule has 0 aliphatic carbocycles. The van der Waals surface area contributed by atoms with Gasteiger partial charge >= 0.3 is 5.97 Å². The highest BCUT2D eigenvalue weighted by molar-refractivity contribution is 5.85. The lowest BCUT2D eigenvalue weighted by atomic mass is 9.98. The number of fused-ring (bicyclic) bond motifs is 1. The van der Waals surface area contributed by atoms with E-state index in [-0.39, 0.29) is 11.9 Å². The van der Waals surface area contributed by atoms with Gasteiger partial charge in [-0.25, -0.2) is 0 Å². The molecule has 22 heavy (non-hydrogen) atoms. The number of ether oxygens (including phenoxy) is 1. The van der Waals surface area contributed by atoms with Crippen LogP contribution in [0.4, 0.5) is 0 Å². The van der Waals surface area contributed by atoms with Crippen molar-refractivity contribution in [3.8, 4) is 0 Å². The fourth-order valence-electron chi connectivity index (χ4n) is 2.47. The van der Waals surface area contributed by atoms with Gasteiger partial charge in [0.25, 0.3) is 0 Å². The molecule has 3 aromatic carbocycles. The summed E-state index contributed by atoms with van der Waals surface area (Å²) in [5.41, 5.74) is 1.98. The number of rotatable bonds is 4. The lowest BCUT2D eigenvalue weighted by molar-refractivity contribution is -0.146. The summed E-state index contributed by atoms with van der Waals surface area (Å²) in [5.74, 6) is -0.465. The van der Waals surface area contributed by atoms with Crippen LogP contribution >= 0.6 is 0 Å². The zero-order chi connectivity index (χ0) is 15.4. The summed E-state index contributed by atoms with van der Waals surface area (Å²) in [7, 11) is 0. The normalized spacial score (nSPS) is 12.0. The molecule has 1 atom stereocenters. The third-order valence-corrected chi connectivity index (χ3v) is 3.85. The number of hydrogen-bond acceptors (Lipinski definition) is 2. The molecule has 110 valence electrons. The largest absolute Gasteiger partial charge is 0.460 e. The molecule has 1 unspecified atom stereocenters. The Bertz CT molecular complexity index is 778. The van der Waals surface area contributed by atoms with E-state index in [1.54, 1.807) is 0 Å². The molecule has 0 spiro atoms. The van der Waals surface area contributed by atoms with Gasteiger partial charge in [-0.05, 0) is 28.8 Å². The van der Waals surface area contributed by atoms with Crippen molar-refractivity contribution in [2.75, 3.05) is 0 Å². The maximum Gasteiger partial charge on any atom is 0.313 e. The van der Waals surface area contributed by atoms with E-state index < -0.39 is 0 Å². The number of carbonyl (C=O) groups is 1. The van der Waals surface area contributed by atoms with Crippen molar-refractivity contribution >= 4 is 16.7 Å². The van der Waals surface area contributed by atoms with Gasteiger partial charge in [0.05, 0.1) is 5.92 Å². The van der Waals surface area contributed by atoms with E-state index in [9.17, 15) is 4.79 Å². The van der Waals surface area contributed by atoms with E-state index in [1.807, 2.05) is 61.5 Å². The van der Waals surface area contributed by atoms with Crippen LogP contribution in [0.2, 0.25) is 0 Å². The number of hydrogen-bond donors (Lipinski definition) is 0. The molecule has 0 radical (unpaired) electrons. The minimum atomic E-state index is -0.270. The highest BCUT2D eigenvalue weighted by Crippen LogP contribution is 2.23. The van der Waals surface area contributed by atoms with Crippen LogP contribution in [0, 0.1) is 0 Å². The van der Waals surface area contributed by atoms with Crippen LogP contribution in [-0.4, -0.2) is 5.97 Å². The summed E-state index contributed by atoms with van der Waals surface area (Å²) in [6.07, 6.45) is 0. The van der Waals surface area contributed by atoms with Crippen molar-refractivity contribution < 1.29 is 9.53 Å². The zero-order valence-corrected chi connectivity index (χ0v) is 12.5. The molecule has 0 amide bonds. The van der Waals surface area contributed by atoms with Gasteiger partial charge in [0.1, 0.15) is 6.61 Å². The Morgan fingerprint density at radius 3 is 2.36 bits per heavy atom. The topological polar surface area (TPSA) is 26.3 Å². The molecule has 2 heteroatoms. The maximum atomic E-state index is 12.2. The Morgan fingerprint density at radius 2 is 1.59 bits per heavy atom. The summed E-state index contributed by atoms with van der Waals surface area (Å²) < 4.78 is 5.42. The minimum absolute atomic E-state index is 0.195. The first-order valence-electron chi connectivity index (χ1n) is 7.43. The van der Waals surface area contributed by atoms with E-state index in [2.05, 4.69) is 18.2 Å². The van der Waals surface area contributed by atoms with E-state index in [0.717, 1.165) is 16.5 Å². The van der Waals surface area contributed by atoms with Gasteiger partial charge in [-0.3, -0.25) is 4.79 Å². The Kier molecular flexibility index (Phi) is 4.19. The molecule has 0 aliphatic heterocycles. The van der Waals surface area contributed by atoms with Crippen LogP contribution in [0.25, 0.3) is 10.8 Å². The van der Waals surface area contributed by atoms with Crippen molar-refractivity contribution in [2.45, 2.75) is 19.4 Å². The van der Waals surface area contributed by atoms with Crippen molar-refractivity contribution in [2.24, 2.45) is 0 Å². The second-order valence-corrected chi connectivity index (χ2v) is 5.42. The Balaban J connectivity index is 1.71. The smallest absolute Gasteiger partial charge is 0.313 e. The number of esters is 1. The van der Waals surface area contributed by atoms with Gasteiger partial charge < -0.3 is 4.74 Å². The van der Waals surface area contributed by atoms with Crippen molar-refractivity contribution in [1.29, 1.82) is 0 Å². The second kappa shape index (κ2) is 6.44. The van der Waals surface area contributed by atoms with Crippen LogP contribution in [0.15, 0.2) is 72.8 Å². The summed E-state index contributed by atoms with van der Waals surface area (Å²) in [5, 5.41) is 2.32. The Morgan fingerprint density at radius 1 is 0.909 bits per heavy atom. The molecule has 0 saturated heterocycles. The molecule has 0 aromatic heterocycles. The Hall–Kier alpha value is -2.61. The Labute approximate surface area is 130 Å². The van der Waals surface area contributed by atoms with Gasteiger partial charge in [0, 0.05) is 0 Å². The number of benzene rings is 3. The molecular weight excluding hydrogens is 272 g/mol. The first-order valence-corrected chi connectivity index (χ1v) is 7.43. The van der Waals surface area contributed by atoms with Crippen molar-refractivity contribution in [1.82, 2.24) is 0 Å². The fraction of sp³-hybridized carbons (Fsp3) is 0.150. The molecule has 3 rings (SSSR count). The van der Waals surface area contributed by atoms with Crippen molar-refractivity contribution in [3.63, 3.8) is 0 Å². The van der Waals surface area contributed by atoms with Crippen LogP contribution in [0.5, 0.6) is 0 Å². The average Bonchev–Trinajstić information content (AvgIpc) is 2.59. The SMILES string of the molecule is CC(C(=O)OCc1ccccc1)c1ccc2ccccc2c1. The van der Waals surface area contributed by atoms with Crippen LogP contribution in [0.1, 0.15) is 24.0 Å². The maximum absolute atomic E-state index is 12.2. The third-order valence-electron chi connectivity index (χ3n) is 3.85. The van der Waals surface area contributed by atoms with Gasteiger partial charge in [-0.15, -0.1) is 0 Å². The number of carbonyl (C=O) groups excluding carboxylic acids is 1. The lowest BCUT2D eigenvalue weighted by Crippen LogP contribution is -2.13. The average molecular weight is 290 g/mol. The van der Waals surface area contributed by atoms with Crippen LogP contribution < -0.4 is 0 Å². The summed E-state index contributed by atoms with van der Waals surface area (Å²) >= 11 is 0. The quantitative estimate of drug-likeness (QED) is 0.652. The molecule has 0 saturated carbocycles. The van der Waals surface area contributed by atoms with Gasteiger partial charge in [-0.1, -0.05) is 72.8 Å². The minimum Gasteiger partial charge on any atom is -0.460 e. The predicted octanol–water partition coefficient (Wildman–Crippen LogP) is 4.69. The van der Waals surface area contributed by atoms with Gasteiger partial charge in [0.2, 0.25) is 0 Å². The summed E-state index contributed by atoms with van der Waals surface area (Å²) in [6, 6.07) is 24.0. The second-order valence-electron chi connectivity index (χ2n) is 5.42. The van der Waals surface area contributed by atoms with Crippen molar-refractivity contribution in [3.05, 3.63) is 83.9 Å². The molecular formula is C20H18O2. The molecule has 0 N–H and O–H groups in total. The van der Waals surface area contributed by atoms with Crippen LogP contribution in [-0.2, 0) is 16.1 Å². The molecule has 2 nitrogen and oxygen atoms in total. The molecule has 0 bridgehead atoms. The van der Waals surface area contributed by atoms with E-state index >= 15 is 0 Å². The van der Waals surface area contributed by atoms with E-state index in [0.29, 0.717) is 6.61 Å². The predicted molar refractivity (Wildman–Crippen MR) is 88.6 cm³/mol. The highest BCUT2D eigenvalue weighted by atomic mass is 16.5. The lowest BCUT2D eigenvalue weighted by Gasteiger charge is -2.12. The fourth-order valence-corrected chi connectivity index (χ4v) is 2.47. The molecule has 3 aromatic rings. The first kappa shape index (κ1) is 14.3. The standard InChI is InChI=1S/C20H18O2/c1-15(20(21)22-14-16-7-3-2-4-8-16)18-12-11-17-9-5-6-10-19(17)13-18/h2-13,15H,14H2,1H3. The third kappa shape index (κ3) is 3.17. The first-order chi connectivity index (χ1) is 10.7. The highest BCUT2D eigenvalue weighted by Gasteiger charge is 2.17. The van der Waals surface area contributed by atoms with Gasteiger partial charge in [0.15, 0.2) is 0 Å². The molecule has 0 heterocycles. The zero-order valence-electron chi connectivity index (χ0n) is 12.5. The van der Waals surface area contributed by atoms with E-state index in [4.69, 9.17) is 4.74 Å². The van der Waals surface area contributed by atoms with E-state index in [1.165, 1.54) is 5.39 Å². The van der Waals surface area contributed by atoms with Crippen LogP contribution in [0.3, 0.4) is 0 Å². The monoisotopic (exact) mass is 290 g/mol. The van der Waals surface area contributed by atoms with Gasteiger partial charge in [-0.2, -0.15) is 0 Å². The summed E-state index contributed by atoms with van der Waals surface area (Å²) in [4.78, 5) is 12.2. The molecule has 0 aliphatic rings. The summed E-state index contributed by atoms with van der Waals surface area (Å²) in [6.45, 7) is 2.20. The molecule has 0 fully saturated rings.